The van der Waals surface area contributed by atoms with E-state index in [9.17, 15) is 47.9 Å². The molecule has 146 valence electrons. The Kier molecular flexibility index (Phi) is 6.64. The highest BCUT2D eigenvalue weighted by molar-refractivity contribution is 7.90. The number of sulfonamides is 1. The van der Waals surface area contributed by atoms with Gasteiger partial charge in [0, 0.05) is 13.6 Å². The molecule has 0 bridgehead atoms. The minimum absolute atomic E-state index is 0.126. The number of rotatable bonds is 8. The Morgan fingerprint density at radius 1 is 0.750 bits per heavy atom. The molecule has 0 rings (SSSR count). The largest absolute Gasteiger partial charge is 0.460 e. The van der Waals surface area contributed by atoms with Crippen molar-refractivity contribution in [3.63, 3.8) is 0 Å². The molecule has 0 saturated carbocycles. The second-order valence-corrected chi connectivity index (χ2v) is 7.23. The van der Waals surface area contributed by atoms with Crippen molar-refractivity contribution >= 4 is 10.0 Å². The average molecular weight is 398 g/mol. The molecule has 0 amide bonds. The molecule has 0 aliphatic heterocycles. The topological polar surface area (TPSA) is 40.6 Å². The first-order valence-corrected chi connectivity index (χ1v) is 7.59. The zero-order valence-electron chi connectivity index (χ0n) is 12.6. The van der Waals surface area contributed by atoms with E-state index in [1.807, 2.05) is 0 Å². The number of halogens is 9. The summed E-state index contributed by atoms with van der Waals surface area (Å²) < 4.78 is 137. The molecule has 0 heterocycles. The van der Waals surface area contributed by atoms with E-state index in [2.05, 4.69) is 0 Å². The summed E-state index contributed by atoms with van der Waals surface area (Å²) in [4.78, 5) is 1.48. The second kappa shape index (κ2) is 6.86. The Morgan fingerprint density at radius 3 is 1.50 bits per heavy atom. The standard InChI is InChI=1S/C10H15F9N2O2S/c1-20(2)5-4-6-21(3)24(22,23)10(18,19)8(13,14)7(11,12)9(15,16)17/h4-6H2,1-3H3. The van der Waals surface area contributed by atoms with Crippen molar-refractivity contribution in [2.45, 2.75) is 29.7 Å². The SMILES string of the molecule is CN(C)CCCN(C)S(=O)(=O)C(F)(F)C(F)(F)C(F)(F)C(F)(F)F. The summed E-state index contributed by atoms with van der Waals surface area (Å²) in [6.07, 6.45) is -7.22. The van der Waals surface area contributed by atoms with Crippen molar-refractivity contribution in [1.82, 2.24) is 9.21 Å². The maximum absolute atomic E-state index is 13.5. The van der Waals surface area contributed by atoms with Gasteiger partial charge >= 0.3 is 23.3 Å². The maximum Gasteiger partial charge on any atom is 0.460 e. The Balaban J connectivity index is 5.69. The molecule has 0 aromatic heterocycles. The van der Waals surface area contributed by atoms with Crippen LogP contribution in [0.3, 0.4) is 0 Å². The minimum atomic E-state index is -7.25. The van der Waals surface area contributed by atoms with Gasteiger partial charge in [-0.05, 0) is 27.1 Å². The zero-order chi connectivity index (χ0) is 19.8. The molecule has 0 aliphatic carbocycles. The molecule has 0 aliphatic rings. The smallest absolute Gasteiger partial charge is 0.309 e. The number of hydrogen-bond donors (Lipinski definition) is 0. The molecule has 0 unspecified atom stereocenters. The Morgan fingerprint density at radius 2 is 1.17 bits per heavy atom. The summed E-state index contributed by atoms with van der Waals surface area (Å²) in [6.45, 7) is -0.662. The molecule has 0 spiro atoms. The van der Waals surface area contributed by atoms with Crippen molar-refractivity contribution in [3.8, 4) is 0 Å². The third kappa shape index (κ3) is 3.90. The van der Waals surface area contributed by atoms with Crippen molar-refractivity contribution < 1.29 is 47.9 Å². The van der Waals surface area contributed by atoms with Crippen molar-refractivity contribution in [1.29, 1.82) is 0 Å². The molecule has 0 radical (unpaired) electrons. The average Bonchev–Trinajstić information content (AvgIpc) is 2.35. The fourth-order valence-electron chi connectivity index (χ4n) is 1.45. The predicted molar refractivity (Wildman–Crippen MR) is 65.6 cm³/mol. The van der Waals surface area contributed by atoms with E-state index in [1.54, 1.807) is 0 Å². The molecule has 0 aromatic rings. The van der Waals surface area contributed by atoms with Crippen LogP contribution in [0.2, 0.25) is 0 Å². The minimum Gasteiger partial charge on any atom is -0.309 e. The van der Waals surface area contributed by atoms with Crippen LogP contribution in [0.4, 0.5) is 39.5 Å². The van der Waals surface area contributed by atoms with Crippen LogP contribution in [0.1, 0.15) is 6.42 Å². The van der Waals surface area contributed by atoms with Gasteiger partial charge in [-0.25, -0.2) is 8.42 Å². The van der Waals surface area contributed by atoms with Crippen molar-refractivity contribution in [2.75, 3.05) is 34.2 Å². The lowest BCUT2D eigenvalue weighted by Crippen LogP contribution is -2.65. The third-order valence-corrected chi connectivity index (χ3v) is 4.84. The fraction of sp³-hybridized carbons (Fsp3) is 1.00. The van der Waals surface area contributed by atoms with Gasteiger partial charge in [-0.1, -0.05) is 0 Å². The number of alkyl halides is 9. The lowest BCUT2D eigenvalue weighted by molar-refractivity contribution is -0.382. The van der Waals surface area contributed by atoms with E-state index in [4.69, 9.17) is 0 Å². The van der Waals surface area contributed by atoms with Gasteiger partial charge in [-0.3, -0.25) is 0 Å². The molecule has 0 fully saturated rings. The van der Waals surface area contributed by atoms with Crippen LogP contribution in [0.5, 0.6) is 0 Å². The van der Waals surface area contributed by atoms with Crippen LogP contribution in [0.25, 0.3) is 0 Å². The summed E-state index contributed by atoms with van der Waals surface area (Å²) in [5.74, 6) is -14.5. The first-order chi connectivity index (χ1) is 10.3. The van der Waals surface area contributed by atoms with Crippen LogP contribution in [-0.4, -0.2) is 75.1 Å². The Hall–Kier alpha value is -0.760. The summed E-state index contributed by atoms with van der Waals surface area (Å²) >= 11 is 0. The Bertz CT molecular complexity index is 531. The summed E-state index contributed by atoms with van der Waals surface area (Å²) in [5.41, 5.74) is 0. The van der Waals surface area contributed by atoms with Gasteiger partial charge < -0.3 is 4.90 Å². The molecule has 14 heteroatoms. The predicted octanol–water partition coefficient (Wildman–Crippen LogP) is 2.63. The van der Waals surface area contributed by atoms with Crippen LogP contribution < -0.4 is 0 Å². The molecule has 24 heavy (non-hydrogen) atoms. The van der Waals surface area contributed by atoms with Crippen LogP contribution >= 0.6 is 0 Å². The van der Waals surface area contributed by atoms with Crippen LogP contribution in [-0.2, 0) is 10.0 Å². The molecular formula is C10H15F9N2O2S. The maximum atomic E-state index is 13.5. The van der Waals surface area contributed by atoms with Gasteiger partial charge in [0.2, 0.25) is 0 Å². The summed E-state index contributed by atoms with van der Waals surface area (Å²) in [7, 11) is -3.08. The summed E-state index contributed by atoms with van der Waals surface area (Å²) in [5, 5.41) is -6.67. The first kappa shape index (κ1) is 23.2. The molecule has 0 atom stereocenters. The molecule has 0 aromatic carbocycles. The molecule has 4 nitrogen and oxygen atoms in total. The fourth-order valence-corrected chi connectivity index (χ4v) is 2.66. The van der Waals surface area contributed by atoms with E-state index in [-0.39, 0.29) is 17.3 Å². The third-order valence-electron chi connectivity index (χ3n) is 2.93. The van der Waals surface area contributed by atoms with Crippen LogP contribution in [0.15, 0.2) is 0 Å². The lowest BCUT2D eigenvalue weighted by atomic mass is 10.1. The van der Waals surface area contributed by atoms with Crippen LogP contribution in [0, 0.1) is 0 Å². The molecule has 0 N–H and O–H groups in total. The normalized spacial score (nSPS) is 15.4. The highest BCUT2D eigenvalue weighted by Gasteiger charge is 2.85. The lowest BCUT2D eigenvalue weighted by Gasteiger charge is -2.34. The molecular weight excluding hydrogens is 383 g/mol. The quantitative estimate of drug-likeness (QED) is 0.591. The Labute approximate surface area is 132 Å². The molecule has 0 saturated heterocycles. The van der Waals surface area contributed by atoms with Gasteiger partial charge in [0.25, 0.3) is 10.0 Å². The van der Waals surface area contributed by atoms with Gasteiger partial charge in [0.15, 0.2) is 0 Å². The number of hydrogen-bond acceptors (Lipinski definition) is 3. The van der Waals surface area contributed by atoms with Gasteiger partial charge in [-0.15, -0.1) is 0 Å². The van der Waals surface area contributed by atoms with E-state index in [0.717, 1.165) is 0 Å². The van der Waals surface area contributed by atoms with E-state index < -0.39 is 39.8 Å². The first-order valence-electron chi connectivity index (χ1n) is 6.14. The monoisotopic (exact) mass is 398 g/mol. The van der Waals surface area contributed by atoms with Gasteiger partial charge in [0.1, 0.15) is 0 Å². The van der Waals surface area contributed by atoms with E-state index in [0.29, 0.717) is 7.05 Å². The number of nitrogens with zero attached hydrogens (tertiary/aromatic N) is 2. The van der Waals surface area contributed by atoms with Crippen molar-refractivity contribution in [3.05, 3.63) is 0 Å². The van der Waals surface area contributed by atoms with Gasteiger partial charge in [-0.2, -0.15) is 43.8 Å². The van der Waals surface area contributed by atoms with Crippen molar-refractivity contribution in [2.24, 2.45) is 0 Å². The highest BCUT2D eigenvalue weighted by Crippen LogP contribution is 2.55. The van der Waals surface area contributed by atoms with E-state index in [1.165, 1.54) is 19.0 Å². The van der Waals surface area contributed by atoms with Gasteiger partial charge in [0.05, 0.1) is 0 Å². The summed E-state index contributed by atoms with van der Waals surface area (Å²) in [6, 6.07) is 0. The zero-order valence-corrected chi connectivity index (χ0v) is 13.5. The van der Waals surface area contributed by atoms with E-state index >= 15 is 0 Å². The highest BCUT2D eigenvalue weighted by atomic mass is 32.2. The second-order valence-electron chi connectivity index (χ2n) is 5.15.